The van der Waals surface area contributed by atoms with Gasteiger partial charge in [0.2, 0.25) is 0 Å². The van der Waals surface area contributed by atoms with Crippen molar-refractivity contribution >= 4 is 33.0 Å². The first-order valence-corrected chi connectivity index (χ1v) is 6.39. The zero-order valence-corrected chi connectivity index (χ0v) is 10.9. The van der Waals surface area contributed by atoms with E-state index in [1.165, 1.54) is 17.4 Å². The number of hydrogen-bond acceptors (Lipinski definition) is 2. The van der Waals surface area contributed by atoms with E-state index in [9.17, 15) is 13.6 Å². The van der Waals surface area contributed by atoms with Gasteiger partial charge in [0.15, 0.2) is 17.4 Å². The highest BCUT2D eigenvalue weighted by molar-refractivity contribution is 9.11. The van der Waals surface area contributed by atoms with Crippen LogP contribution in [0.25, 0.3) is 0 Å². The number of Topliss-reactive ketones (excluding diaryl/α,β-unsaturated/α-hetero) is 1. The molecule has 0 bridgehead atoms. The number of ketones is 1. The lowest BCUT2D eigenvalue weighted by atomic mass is 10.1. The highest BCUT2D eigenvalue weighted by atomic mass is 79.9. The lowest BCUT2D eigenvalue weighted by molar-refractivity contribution is 0.0993. The molecule has 88 valence electrons. The van der Waals surface area contributed by atoms with Crippen molar-refractivity contribution in [3.63, 3.8) is 0 Å². The first kappa shape index (κ1) is 12.4. The molecule has 0 aliphatic rings. The number of benzene rings is 1. The maximum Gasteiger partial charge on any atom is 0.168 e. The van der Waals surface area contributed by atoms with Gasteiger partial charge in [-0.1, -0.05) is 0 Å². The first-order chi connectivity index (χ1) is 8.06. The van der Waals surface area contributed by atoms with Gasteiger partial charge in [0.05, 0.1) is 3.79 Å². The second-order valence-corrected chi connectivity index (χ2v) is 5.98. The minimum absolute atomic E-state index is 0.188. The number of carbonyl (C=O) groups is 1. The van der Waals surface area contributed by atoms with Gasteiger partial charge in [-0.15, -0.1) is 11.3 Å². The normalized spacial score (nSPS) is 10.5. The highest BCUT2D eigenvalue weighted by Crippen LogP contribution is 2.23. The minimum Gasteiger partial charge on any atom is -0.294 e. The second-order valence-electron chi connectivity index (χ2n) is 3.43. The van der Waals surface area contributed by atoms with E-state index in [4.69, 9.17) is 0 Å². The Balaban J connectivity index is 2.17. The Hall–Kier alpha value is -1.07. The van der Waals surface area contributed by atoms with Gasteiger partial charge in [0, 0.05) is 16.9 Å². The van der Waals surface area contributed by atoms with Crippen LogP contribution in [0.5, 0.6) is 0 Å². The molecule has 0 aliphatic heterocycles. The van der Waals surface area contributed by atoms with Gasteiger partial charge >= 0.3 is 0 Å². The Kier molecular flexibility index (Phi) is 3.69. The van der Waals surface area contributed by atoms with Crippen LogP contribution in [0.1, 0.15) is 15.2 Å². The van der Waals surface area contributed by atoms with E-state index in [1.807, 2.05) is 12.1 Å². The lowest BCUT2D eigenvalue weighted by Gasteiger charge is -2.00. The molecule has 1 heterocycles. The van der Waals surface area contributed by atoms with E-state index in [-0.39, 0.29) is 17.8 Å². The third-order valence-electron chi connectivity index (χ3n) is 2.21. The van der Waals surface area contributed by atoms with Gasteiger partial charge in [-0.3, -0.25) is 4.79 Å². The van der Waals surface area contributed by atoms with Crippen LogP contribution in [0.15, 0.2) is 34.1 Å². The van der Waals surface area contributed by atoms with Crippen molar-refractivity contribution in [1.29, 1.82) is 0 Å². The average molecular weight is 317 g/mol. The maximum atomic E-state index is 13.0. The molecule has 1 nitrogen and oxygen atoms in total. The van der Waals surface area contributed by atoms with Gasteiger partial charge in [-0.05, 0) is 46.3 Å². The SMILES string of the molecule is O=C(Cc1ccc(Br)s1)c1ccc(F)c(F)c1. The predicted octanol–water partition coefficient (Wildman–Crippen LogP) is 4.21. The molecule has 0 atom stereocenters. The molecular formula is C12H7BrF2OS. The van der Waals surface area contributed by atoms with E-state index < -0.39 is 11.6 Å². The molecule has 1 aromatic carbocycles. The Bertz CT molecular complexity index is 565. The third kappa shape index (κ3) is 2.98. The molecule has 0 N–H and O–H groups in total. The van der Waals surface area contributed by atoms with Gasteiger partial charge in [-0.25, -0.2) is 8.78 Å². The van der Waals surface area contributed by atoms with Crippen LogP contribution in [-0.4, -0.2) is 5.78 Å². The van der Waals surface area contributed by atoms with Gasteiger partial charge in [0.25, 0.3) is 0 Å². The van der Waals surface area contributed by atoms with Crippen molar-refractivity contribution in [2.45, 2.75) is 6.42 Å². The molecule has 0 spiro atoms. The fourth-order valence-corrected chi connectivity index (χ4v) is 2.86. The molecule has 0 saturated carbocycles. The lowest BCUT2D eigenvalue weighted by Crippen LogP contribution is -2.03. The maximum absolute atomic E-state index is 13.0. The zero-order chi connectivity index (χ0) is 12.4. The molecule has 0 amide bonds. The fraction of sp³-hybridized carbons (Fsp3) is 0.0833. The minimum atomic E-state index is -0.997. The largest absolute Gasteiger partial charge is 0.294 e. The molecule has 2 rings (SSSR count). The summed E-state index contributed by atoms with van der Waals surface area (Å²) in [4.78, 5) is 12.7. The van der Waals surface area contributed by atoms with Gasteiger partial charge in [0.1, 0.15) is 0 Å². The molecule has 0 saturated heterocycles. The first-order valence-electron chi connectivity index (χ1n) is 4.79. The summed E-state index contributed by atoms with van der Waals surface area (Å²) >= 11 is 4.74. The second kappa shape index (κ2) is 5.06. The van der Waals surface area contributed by atoms with Crippen LogP contribution in [0.4, 0.5) is 8.78 Å². The van der Waals surface area contributed by atoms with Gasteiger partial charge in [-0.2, -0.15) is 0 Å². The van der Waals surface area contributed by atoms with Crippen molar-refractivity contribution < 1.29 is 13.6 Å². The molecule has 0 aliphatic carbocycles. The molecule has 0 fully saturated rings. The quantitative estimate of drug-likeness (QED) is 0.775. The molecule has 2 aromatic rings. The Labute approximate surface area is 109 Å². The number of carbonyl (C=O) groups excluding carboxylic acids is 1. The van der Waals surface area contributed by atoms with Crippen LogP contribution >= 0.6 is 27.3 Å². The summed E-state index contributed by atoms with van der Waals surface area (Å²) in [5.74, 6) is -2.16. The summed E-state index contributed by atoms with van der Waals surface area (Å²) < 4.78 is 26.6. The van der Waals surface area contributed by atoms with E-state index >= 15 is 0 Å². The monoisotopic (exact) mass is 316 g/mol. The summed E-state index contributed by atoms with van der Waals surface area (Å²) in [5.41, 5.74) is 0.188. The topological polar surface area (TPSA) is 17.1 Å². The molecule has 5 heteroatoms. The summed E-state index contributed by atoms with van der Waals surface area (Å²) in [6, 6.07) is 6.86. The standard InChI is InChI=1S/C12H7BrF2OS/c13-12-4-2-8(17-12)6-11(16)7-1-3-9(14)10(15)5-7/h1-5H,6H2. The predicted molar refractivity (Wildman–Crippen MR) is 66.4 cm³/mol. The number of hydrogen-bond donors (Lipinski definition) is 0. The van der Waals surface area contributed by atoms with E-state index in [1.54, 1.807) is 0 Å². The molecular weight excluding hydrogens is 310 g/mol. The van der Waals surface area contributed by atoms with Crippen molar-refractivity contribution in [2.24, 2.45) is 0 Å². The van der Waals surface area contributed by atoms with E-state index in [0.29, 0.717) is 0 Å². The number of rotatable bonds is 3. The van der Waals surface area contributed by atoms with E-state index in [0.717, 1.165) is 20.8 Å². The van der Waals surface area contributed by atoms with Crippen LogP contribution in [-0.2, 0) is 6.42 Å². The van der Waals surface area contributed by atoms with Crippen molar-refractivity contribution in [3.8, 4) is 0 Å². The van der Waals surface area contributed by atoms with Crippen LogP contribution in [0.3, 0.4) is 0 Å². The van der Waals surface area contributed by atoms with Crippen LogP contribution in [0.2, 0.25) is 0 Å². The highest BCUT2D eigenvalue weighted by Gasteiger charge is 2.11. The Morgan fingerprint density at radius 3 is 2.53 bits per heavy atom. The molecule has 1 aromatic heterocycles. The van der Waals surface area contributed by atoms with E-state index in [2.05, 4.69) is 15.9 Å². The van der Waals surface area contributed by atoms with Crippen LogP contribution in [0, 0.1) is 11.6 Å². The van der Waals surface area contributed by atoms with Crippen LogP contribution < -0.4 is 0 Å². The smallest absolute Gasteiger partial charge is 0.168 e. The number of thiophene rings is 1. The van der Waals surface area contributed by atoms with Crippen molar-refractivity contribution in [2.75, 3.05) is 0 Å². The summed E-state index contributed by atoms with van der Waals surface area (Å²) in [6.45, 7) is 0. The Morgan fingerprint density at radius 2 is 1.94 bits per heavy atom. The van der Waals surface area contributed by atoms with Crippen molar-refractivity contribution in [1.82, 2.24) is 0 Å². The summed E-state index contributed by atoms with van der Waals surface area (Å²) in [7, 11) is 0. The van der Waals surface area contributed by atoms with Crippen molar-refractivity contribution in [3.05, 3.63) is 56.2 Å². The third-order valence-corrected chi connectivity index (χ3v) is 3.83. The molecule has 17 heavy (non-hydrogen) atoms. The fourth-order valence-electron chi connectivity index (χ4n) is 1.38. The number of halogens is 3. The summed E-state index contributed by atoms with van der Waals surface area (Å²) in [5, 5.41) is 0. The summed E-state index contributed by atoms with van der Waals surface area (Å²) in [6.07, 6.45) is 0.196. The average Bonchev–Trinajstić information content (AvgIpc) is 2.68. The zero-order valence-electron chi connectivity index (χ0n) is 8.54. The van der Waals surface area contributed by atoms with Gasteiger partial charge < -0.3 is 0 Å². The Morgan fingerprint density at radius 1 is 1.18 bits per heavy atom. The molecule has 0 unspecified atom stereocenters. The molecule has 0 radical (unpaired) electrons.